The molecule has 1 aromatic rings. The summed E-state index contributed by atoms with van der Waals surface area (Å²) in [7, 11) is 0. The van der Waals surface area contributed by atoms with Gasteiger partial charge in [-0.2, -0.15) is 0 Å². The molecule has 1 saturated heterocycles. The highest BCUT2D eigenvalue weighted by atomic mass is 16.5. The molecular weight excluding hydrogens is 272 g/mol. The summed E-state index contributed by atoms with van der Waals surface area (Å²) in [6.45, 7) is 3.93. The summed E-state index contributed by atoms with van der Waals surface area (Å²) < 4.78 is 5.20. The number of carbonyl (C=O) groups excluding carboxylic acids is 1. The van der Waals surface area contributed by atoms with Crippen molar-refractivity contribution in [2.45, 2.75) is 18.8 Å². The molecule has 1 fully saturated rings. The van der Waals surface area contributed by atoms with Gasteiger partial charge in [0, 0.05) is 19.5 Å². The number of ether oxygens (including phenoxy) is 1. The van der Waals surface area contributed by atoms with Gasteiger partial charge in [-0.1, -0.05) is 30.3 Å². The lowest BCUT2D eigenvalue weighted by atomic mass is 9.79. The van der Waals surface area contributed by atoms with E-state index in [9.17, 15) is 14.7 Å². The lowest BCUT2D eigenvalue weighted by Gasteiger charge is -2.29. The van der Waals surface area contributed by atoms with Crippen LogP contribution in [-0.2, 0) is 19.7 Å². The number of carboxylic acids is 1. The van der Waals surface area contributed by atoms with Crippen molar-refractivity contribution in [1.29, 1.82) is 0 Å². The van der Waals surface area contributed by atoms with Crippen LogP contribution in [0.2, 0.25) is 0 Å². The van der Waals surface area contributed by atoms with Crippen molar-refractivity contribution in [3.63, 3.8) is 0 Å². The second-order valence-corrected chi connectivity index (χ2v) is 5.31. The van der Waals surface area contributed by atoms with Gasteiger partial charge in [0.1, 0.15) is 0 Å². The summed E-state index contributed by atoms with van der Waals surface area (Å²) in [4.78, 5) is 23.8. The van der Waals surface area contributed by atoms with Crippen molar-refractivity contribution >= 4 is 11.9 Å². The van der Waals surface area contributed by atoms with Crippen molar-refractivity contribution in [2.75, 3.05) is 26.3 Å². The second kappa shape index (κ2) is 6.69. The Morgan fingerprint density at radius 1 is 1.29 bits per heavy atom. The minimum atomic E-state index is -1.24. The van der Waals surface area contributed by atoms with Crippen LogP contribution < -0.4 is 5.43 Å². The quantitative estimate of drug-likeness (QED) is 0.838. The number of hydrazine groups is 1. The Labute approximate surface area is 123 Å². The van der Waals surface area contributed by atoms with Crippen LogP contribution in [0.25, 0.3) is 0 Å². The molecule has 1 aromatic carbocycles. The van der Waals surface area contributed by atoms with E-state index in [1.807, 2.05) is 6.07 Å². The second-order valence-electron chi connectivity index (χ2n) is 5.31. The zero-order valence-electron chi connectivity index (χ0n) is 12.0. The highest BCUT2D eigenvalue weighted by Gasteiger charge is 2.37. The topological polar surface area (TPSA) is 78.9 Å². The number of amides is 1. The van der Waals surface area contributed by atoms with Crippen LogP contribution in [0.1, 0.15) is 18.9 Å². The average molecular weight is 292 g/mol. The van der Waals surface area contributed by atoms with Gasteiger partial charge in [-0.05, 0) is 12.5 Å². The first-order chi connectivity index (χ1) is 10.0. The van der Waals surface area contributed by atoms with Crippen LogP contribution in [0.5, 0.6) is 0 Å². The smallest absolute Gasteiger partial charge is 0.314 e. The Morgan fingerprint density at radius 2 is 1.90 bits per heavy atom. The van der Waals surface area contributed by atoms with Gasteiger partial charge in [-0.25, -0.2) is 5.01 Å². The van der Waals surface area contributed by atoms with Gasteiger partial charge < -0.3 is 9.84 Å². The first-order valence-corrected chi connectivity index (χ1v) is 6.93. The molecule has 114 valence electrons. The Kier molecular flexibility index (Phi) is 4.93. The van der Waals surface area contributed by atoms with Gasteiger partial charge in [-0.15, -0.1) is 0 Å². The number of nitrogens with one attached hydrogen (secondary N) is 1. The van der Waals surface area contributed by atoms with E-state index in [2.05, 4.69) is 5.43 Å². The zero-order chi connectivity index (χ0) is 15.3. The first-order valence-electron chi connectivity index (χ1n) is 6.93. The lowest BCUT2D eigenvalue weighted by Crippen LogP contribution is -2.50. The van der Waals surface area contributed by atoms with Crippen molar-refractivity contribution in [1.82, 2.24) is 10.4 Å². The fraction of sp³-hybridized carbons (Fsp3) is 0.467. The molecule has 0 spiro atoms. The molecule has 2 N–H and O–H groups in total. The van der Waals surface area contributed by atoms with Gasteiger partial charge in [-0.3, -0.25) is 15.0 Å². The number of rotatable bonds is 5. The number of hydrogen-bond acceptors (Lipinski definition) is 4. The van der Waals surface area contributed by atoms with Crippen LogP contribution in [0, 0.1) is 0 Å². The highest BCUT2D eigenvalue weighted by Crippen LogP contribution is 2.28. The Morgan fingerprint density at radius 3 is 2.48 bits per heavy atom. The number of nitrogens with zero attached hydrogens (tertiary/aromatic N) is 1. The van der Waals surface area contributed by atoms with E-state index < -0.39 is 11.4 Å². The van der Waals surface area contributed by atoms with Crippen LogP contribution in [0.4, 0.5) is 0 Å². The molecule has 0 aliphatic carbocycles. The molecule has 1 amide bonds. The van der Waals surface area contributed by atoms with E-state index >= 15 is 0 Å². The molecule has 21 heavy (non-hydrogen) atoms. The highest BCUT2D eigenvalue weighted by molar-refractivity contribution is 5.88. The molecule has 1 heterocycles. The average Bonchev–Trinajstić information content (AvgIpc) is 2.48. The van der Waals surface area contributed by atoms with E-state index in [0.29, 0.717) is 31.9 Å². The third kappa shape index (κ3) is 3.80. The molecule has 6 nitrogen and oxygen atoms in total. The molecule has 1 unspecified atom stereocenters. The number of aliphatic carboxylic acids is 1. The first kappa shape index (κ1) is 15.5. The van der Waals surface area contributed by atoms with Gasteiger partial charge in [0.15, 0.2) is 0 Å². The Hall–Kier alpha value is -1.92. The number of benzene rings is 1. The van der Waals surface area contributed by atoms with E-state index in [0.717, 1.165) is 0 Å². The molecule has 0 aromatic heterocycles. The van der Waals surface area contributed by atoms with Gasteiger partial charge in [0.2, 0.25) is 5.91 Å². The number of hydrogen-bond donors (Lipinski definition) is 2. The molecule has 6 heteroatoms. The van der Waals surface area contributed by atoms with Crippen molar-refractivity contribution in [2.24, 2.45) is 0 Å². The monoisotopic (exact) mass is 292 g/mol. The van der Waals surface area contributed by atoms with E-state index in [4.69, 9.17) is 4.74 Å². The summed E-state index contributed by atoms with van der Waals surface area (Å²) in [5.41, 5.74) is 2.13. The summed E-state index contributed by atoms with van der Waals surface area (Å²) >= 11 is 0. The molecule has 2 rings (SSSR count). The maximum atomic E-state index is 12.1. The molecule has 1 aliphatic heterocycles. The fourth-order valence-electron chi connectivity index (χ4n) is 2.32. The van der Waals surface area contributed by atoms with Crippen molar-refractivity contribution in [3.05, 3.63) is 35.9 Å². The third-order valence-corrected chi connectivity index (χ3v) is 3.69. The standard InChI is InChI=1S/C15H20N2O4/c1-15(14(19)20,12-5-3-2-4-6-12)11-13(18)16-17-7-9-21-10-8-17/h2-6H,7-11H2,1H3,(H,16,18)(H,19,20). The van der Waals surface area contributed by atoms with Crippen LogP contribution in [0.15, 0.2) is 30.3 Å². The largest absolute Gasteiger partial charge is 0.481 e. The van der Waals surface area contributed by atoms with Crippen LogP contribution >= 0.6 is 0 Å². The Bertz CT molecular complexity index is 500. The maximum absolute atomic E-state index is 12.1. The summed E-state index contributed by atoms with van der Waals surface area (Å²) in [5, 5.41) is 11.3. The molecule has 1 aliphatic rings. The number of morpholine rings is 1. The number of carboxylic acid groups (broad SMARTS) is 1. The van der Waals surface area contributed by atoms with Crippen molar-refractivity contribution in [3.8, 4) is 0 Å². The molecular formula is C15H20N2O4. The fourth-order valence-corrected chi connectivity index (χ4v) is 2.32. The lowest BCUT2D eigenvalue weighted by molar-refractivity contribution is -0.146. The maximum Gasteiger partial charge on any atom is 0.314 e. The molecule has 1 atom stereocenters. The minimum absolute atomic E-state index is 0.107. The Balaban J connectivity index is 2.05. The predicted molar refractivity (Wildman–Crippen MR) is 76.6 cm³/mol. The molecule has 0 saturated carbocycles. The SMILES string of the molecule is CC(CC(=O)NN1CCOCC1)(C(=O)O)c1ccccc1. The molecule has 0 bridgehead atoms. The van der Waals surface area contributed by atoms with Gasteiger partial charge >= 0.3 is 5.97 Å². The van der Waals surface area contributed by atoms with E-state index in [1.165, 1.54) is 0 Å². The summed E-state index contributed by atoms with van der Waals surface area (Å²) in [5.74, 6) is -1.31. The minimum Gasteiger partial charge on any atom is -0.481 e. The van der Waals surface area contributed by atoms with Crippen LogP contribution in [0.3, 0.4) is 0 Å². The van der Waals surface area contributed by atoms with Gasteiger partial charge in [0.25, 0.3) is 0 Å². The third-order valence-electron chi connectivity index (χ3n) is 3.69. The van der Waals surface area contributed by atoms with Crippen LogP contribution in [-0.4, -0.2) is 48.3 Å². The van der Waals surface area contributed by atoms with Gasteiger partial charge in [0.05, 0.1) is 18.6 Å². The number of carbonyl (C=O) groups is 2. The van der Waals surface area contributed by atoms with E-state index in [-0.39, 0.29) is 12.3 Å². The summed E-state index contributed by atoms with van der Waals surface area (Å²) in [6.07, 6.45) is -0.107. The zero-order valence-corrected chi connectivity index (χ0v) is 12.0. The molecule has 0 radical (unpaired) electrons. The normalized spacial score (nSPS) is 18.7. The summed E-state index contributed by atoms with van der Waals surface area (Å²) in [6, 6.07) is 8.83. The predicted octanol–water partition coefficient (Wildman–Crippen LogP) is 0.782. The van der Waals surface area contributed by atoms with E-state index in [1.54, 1.807) is 36.2 Å². The van der Waals surface area contributed by atoms with Crippen molar-refractivity contribution < 1.29 is 19.4 Å².